The number of nitrogens with zero attached hydrogens (tertiary/aromatic N) is 1. The number of benzene rings is 4. The first kappa shape index (κ1) is 16.7. The second-order valence-corrected chi connectivity index (χ2v) is 7.27. The molecule has 0 saturated carbocycles. The Kier molecular flexibility index (Phi) is 4.14. The van der Waals surface area contributed by atoms with Crippen molar-refractivity contribution < 1.29 is 0 Å². The van der Waals surface area contributed by atoms with Gasteiger partial charge in [-0.2, -0.15) is 0 Å². The van der Waals surface area contributed by atoms with Gasteiger partial charge in [0.15, 0.2) is 0 Å². The third-order valence-corrected chi connectivity index (χ3v) is 5.66. The van der Waals surface area contributed by atoms with E-state index in [0.717, 1.165) is 17.8 Å². The SMILES string of the molecule is c1ccc(/N=C2/c3ccccc3CC2(c2ccccc2)c2ccccc2)cc1. The van der Waals surface area contributed by atoms with Gasteiger partial charge >= 0.3 is 0 Å². The second-order valence-electron chi connectivity index (χ2n) is 7.27. The molecule has 0 aliphatic heterocycles. The highest BCUT2D eigenvalue weighted by Gasteiger charge is 2.46. The first-order valence-corrected chi connectivity index (χ1v) is 9.71. The summed E-state index contributed by atoms with van der Waals surface area (Å²) in [6.45, 7) is 0. The molecule has 0 aromatic heterocycles. The molecule has 1 aliphatic carbocycles. The van der Waals surface area contributed by atoms with E-state index >= 15 is 0 Å². The van der Waals surface area contributed by atoms with Crippen LogP contribution in [0.4, 0.5) is 5.69 Å². The van der Waals surface area contributed by atoms with Crippen LogP contribution >= 0.6 is 0 Å². The molecule has 134 valence electrons. The van der Waals surface area contributed by atoms with Crippen molar-refractivity contribution in [2.75, 3.05) is 0 Å². The molecular weight excluding hydrogens is 338 g/mol. The van der Waals surface area contributed by atoms with Gasteiger partial charge in [-0.05, 0) is 35.2 Å². The molecule has 1 aliphatic rings. The van der Waals surface area contributed by atoms with Gasteiger partial charge in [0.2, 0.25) is 0 Å². The van der Waals surface area contributed by atoms with Crippen molar-refractivity contribution in [1.29, 1.82) is 0 Å². The van der Waals surface area contributed by atoms with Crippen molar-refractivity contribution in [2.45, 2.75) is 11.8 Å². The molecule has 0 spiro atoms. The van der Waals surface area contributed by atoms with Gasteiger partial charge in [0.25, 0.3) is 0 Å². The van der Waals surface area contributed by atoms with Crippen LogP contribution in [-0.4, -0.2) is 5.71 Å². The number of hydrogen-bond donors (Lipinski definition) is 0. The summed E-state index contributed by atoms with van der Waals surface area (Å²) in [5.74, 6) is 0. The molecule has 0 bridgehead atoms. The van der Waals surface area contributed by atoms with Gasteiger partial charge in [0, 0.05) is 5.56 Å². The first-order chi connectivity index (χ1) is 13.9. The molecule has 4 aromatic carbocycles. The lowest BCUT2D eigenvalue weighted by molar-refractivity contribution is 0.706. The number of rotatable bonds is 3. The van der Waals surface area contributed by atoms with Crippen molar-refractivity contribution in [3.63, 3.8) is 0 Å². The Bertz CT molecular complexity index is 1070. The lowest BCUT2D eigenvalue weighted by Crippen LogP contribution is -2.35. The third kappa shape index (κ3) is 2.68. The Morgan fingerprint density at radius 3 is 1.64 bits per heavy atom. The van der Waals surface area contributed by atoms with Crippen LogP contribution in [0.5, 0.6) is 0 Å². The van der Waals surface area contributed by atoms with Gasteiger partial charge in [-0.3, -0.25) is 4.99 Å². The zero-order valence-corrected chi connectivity index (χ0v) is 15.6. The highest BCUT2D eigenvalue weighted by Crippen LogP contribution is 2.46. The molecule has 1 nitrogen and oxygen atoms in total. The van der Waals surface area contributed by atoms with E-state index in [1.807, 2.05) is 18.2 Å². The molecule has 4 aromatic rings. The largest absolute Gasteiger partial charge is 0.252 e. The molecule has 0 N–H and O–H groups in total. The van der Waals surface area contributed by atoms with Crippen molar-refractivity contribution in [1.82, 2.24) is 0 Å². The average Bonchev–Trinajstić information content (AvgIpc) is 3.11. The monoisotopic (exact) mass is 359 g/mol. The van der Waals surface area contributed by atoms with E-state index in [0.29, 0.717) is 0 Å². The minimum Gasteiger partial charge on any atom is -0.252 e. The van der Waals surface area contributed by atoms with Gasteiger partial charge in [-0.25, -0.2) is 0 Å². The van der Waals surface area contributed by atoms with Crippen LogP contribution in [0.1, 0.15) is 22.3 Å². The smallest absolute Gasteiger partial charge is 0.0670 e. The lowest BCUT2D eigenvalue weighted by Gasteiger charge is -2.32. The van der Waals surface area contributed by atoms with Gasteiger partial charge in [-0.1, -0.05) is 103 Å². The fourth-order valence-corrected chi connectivity index (χ4v) is 4.38. The summed E-state index contributed by atoms with van der Waals surface area (Å²) in [5, 5.41) is 0. The number of para-hydroxylation sites is 1. The minimum absolute atomic E-state index is 0.290. The van der Waals surface area contributed by atoms with Gasteiger partial charge in [0.05, 0.1) is 16.8 Å². The molecule has 28 heavy (non-hydrogen) atoms. The van der Waals surface area contributed by atoms with Gasteiger partial charge in [0.1, 0.15) is 0 Å². The normalized spacial score (nSPS) is 16.1. The van der Waals surface area contributed by atoms with Crippen LogP contribution in [0.2, 0.25) is 0 Å². The van der Waals surface area contributed by atoms with E-state index in [4.69, 9.17) is 4.99 Å². The van der Waals surface area contributed by atoms with Crippen molar-refractivity contribution in [3.05, 3.63) is 138 Å². The summed E-state index contributed by atoms with van der Waals surface area (Å²) in [6, 6.07) is 40.6. The maximum atomic E-state index is 5.22. The van der Waals surface area contributed by atoms with E-state index in [-0.39, 0.29) is 5.41 Å². The van der Waals surface area contributed by atoms with Crippen molar-refractivity contribution in [2.24, 2.45) is 4.99 Å². The van der Waals surface area contributed by atoms with Gasteiger partial charge in [-0.15, -0.1) is 0 Å². The lowest BCUT2D eigenvalue weighted by atomic mass is 9.71. The topological polar surface area (TPSA) is 12.4 Å². The van der Waals surface area contributed by atoms with Crippen LogP contribution < -0.4 is 0 Å². The fraction of sp³-hybridized carbons (Fsp3) is 0.0741. The first-order valence-electron chi connectivity index (χ1n) is 9.71. The number of fused-ring (bicyclic) bond motifs is 1. The predicted octanol–water partition coefficient (Wildman–Crippen LogP) is 6.35. The molecule has 0 unspecified atom stereocenters. The summed E-state index contributed by atoms with van der Waals surface area (Å²) in [5.41, 5.74) is 7.00. The summed E-state index contributed by atoms with van der Waals surface area (Å²) < 4.78 is 0. The van der Waals surface area contributed by atoms with Crippen LogP contribution in [0.3, 0.4) is 0 Å². The average molecular weight is 359 g/mol. The van der Waals surface area contributed by atoms with E-state index in [1.54, 1.807) is 0 Å². The number of hydrogen-bond acceptors (Lipinski definition) is 1. The Morgan fingerprint density at radius 1 is 0.536 bits per heavy atom. The van der Waals surface area contributed by atoms with Crippen LogP contribution in [0.15, 0.2) is 120 Å². The second kappa shape index (κ2) is 6.94. The highest BCUT2D eigenvalue weighted by molar-refractivity contribution is 6.15. The highest BCUT2D eigenvalue weighted by atomic mass is 14.8. The zero-order chi connectivity index (χ0) is 18.8. The molecule has 0 fully saturated rings. The number of aliphatic imine (C=N–C) groups is 1. The van der Waals surface area contributed by atoms with Crippen molar-refractivity contribution in [3.8, 4) is 0 Å². The van der Waals surface area contributed by atoms with Crippen LogP contribution in [-0.2, 0) is 11.8 Å². The van der Waals surface area contributed by atoms with E-state index in [1.165, 1.54) is 22.3 Å². The van der Waals surface area contributed by atoms with Crippen molar-refractivity contribution >= 4 is 11.4 Å². The van der Waals surface area contributed by atoms with Crippen LogP contribution in [0.25, 0.3) is 0 Å². The zero-order valence-electron chi connectivity index (χ0n) is 15.6. The maximum Gasteiger partial charge on any atom is 0.0670 e. The Morgan fingerprint density at radius 2 is 1.04 bits per heavy atom. The molecule has 5 rings (SSSR count). The van der Waals surface area contributed by atoms with E-state index in [9.17, 15) is 0 Å². The standard InChI is InChI=1S/C27H21N/c1-4-13-22(14-5-1)27(23-15-6-2-7-16-23)20-21-12-10-11-19-25(21)26(27)28-24-17-8-3-9-18-24/h1-19H,20H2/b28-26-. The van der Waals surface area contributed by atoms with Crippen LogP contribution in [0, 0.1) is 0 Å². The molecule has 0 heterocycles. The molecule has 0 saturated heterocycles. The minimum atomic E-state index is -0.290. The van der Waals surface area contributed by atoms with E-state index in [2.05, 4.69) is 97.1 Å². The molecule has 1 heteroatoms. The summed E-state index contributed by atoms with van der Waals surface area (Å²) in [4.78, 5) is 5.22. The maximum absolute atomic E-state index is 5.22. The third-order valence-electron chi connectivity index (χ3n) is 5.66. The molecular formula is C27H21N. The fourth-order valence-electron chi connectivity index (χ4n) is 4.38. The Labute approximate surface area is 166 Å². The van der Waals surface area contributed by atoms with E-state index < -0.39 is 0 Å². The summed E-state index contributed by atoms with van der Waals surface area (Å²) in [6.07, 6.45) is 0.920. The summed E-state index contributed by atoms with van der Waals surface area (Å²) >= 11 is 0. The quantitative estimate of drug-likeness (QED) is 0.404. The van der Waals surface area contributed by atoms with Gasteiger partial charge < -0.3 is 0 Å². The predicted molar refractivity (Wildman–Crippen MR) is 116 cm³/mol. The Balaban J connectivity index is 1.84. The molecule has 0 atom stereocenters. The summed E-state index contributed by atoms with van der Waals surface area (Å²) in [7, 11) is 0. The molecule has 0 radical (unpaired) electrons. The Hall–Kier alpha value is -3.45. The molecule has 0 amide bonds.